The van der Waals surface area contributed by atoms with E-state index in [4.69, 9.17) is 0 Å². The van der Waals surface area contributed by atoms with Crippen molar-refractivity contribution in [1.29, 1.82) is 0 Å². The van der Waals surface area contributed by atoms with Crippen molar-refractivity contribution in [2.45, 2.75) is 25.3 Å². The third kappa shape index (κ3) is 4.26. The zero-order chi connectivity index (χ0) is 21.0. The Morgan fingerprint density at radius 2 is 1.62 bits per heavy atom. The fraction of sp³-hybridized carbons (Fsp3) is 0.286. The molecule has 1 fully saturated rings. The number of benzene rings is 2. The van der Waals surface area contributed by atoms with Crippen LogP contribution >= 0.6 is 0 Å². The average molecular weight is 401 g/mol. The van der Waals surface area contributed by atoms with E-state index in [1.165, 1.54) is 36.4 Å². The van der Waals surface area contributed by atoms with Gasteiger partial charge in [-0.1, -0.05) is 31.2 Å². The van der Waals surface area contributed by atoms with E-state index >= 15 is 0 Å². The number of amides is 4. The van der Waals surface area contributed by atoms with Crippen molar-refractivity contribution in [1.82, 2.24) is 15.5 Å². The van der Waals surface area contributed by atoms with E-state index < -0.39 is 35.7 Å². The monoisotopic (exact) mass is 401 g/mol. The van der Waals surface area contributed by atoms with E-state index in [1.54, 1.807) is 19.1 Å². The number of halogens is 2. The van der Waals surface area contributed by atoms with Gasteiger partial charge in [-0.05, 0) is 48.2 Å². The molecule has 1 aliphatic rings. The molecule has 0 unspecified atom stereocenters. The number of urea groups is 1. The number of nitrogens with zero attached hydrogens (tertiary/aromatic N) is 1. The Bertz CT molecular complexity index is 916. The highest BCUT2D eigenvalue weighted by molar-refractivity contribution is 6.09. The van der Waals surface area contributed by atoms with Gasteiger partial charge in [0.1, 0.15) is 23.7 Å². The lowest BCUT2D eigenvalue weighted by molar-refractivity contribution is -0.135. The molecule has 152 valence electrons. The molecule has 3 rings (SSSR count). The molecular formula is C21H21F2N3O3. The summed E-state index contributed by atoms with van der Waals surface area (Å²) in [7, 11) is 0. The van der Waals surface area contributed by atoms with Crippen molar-refractivity contribution in [2.75, 3.05) is 13.1 Å². The molecule has 1 atom stereocenters. The first kappa shape index (κ1) is 20.4. The predicted octanol–water partition coefficient (Wildman–Crippen LogP) is 2.48. The van der Waals surface area contributed by atoms with Gasteiger partial charge in [-0.3, -0.25) is 14.5 Å². The number of hydrogen-bond donors (Lipinski definition) is 2. The normalized spacial score (nSPS) is 18.7. The summed E-state index contributed by atoms with van der Waals surface area (Å²) in [6.45, 7) is 1.59. The second-order valence-electron chi connectivity index (χ2n) is 6.81. The van der Waals surface area contributed by atoms with Crippen LogP contribution < -0.4 is 10.6 Å². The lowest BCUT2D eigenvalue weighted by atomic mass is 9.87. The summed E-state index contributed by atoms with van der Waals surface area (Å²) in [6, 6.07) is 10.6. The fourth-order valence-corrected chi connectivity index (χ4v) is 3.34. The fourth-order valence-electron chi connectivity index (χ4n) is 3.34. The topological polar surface area (TPSA) is 78.5 Å². The van der Waals surface area contributed by atoms with Crippen LogP contribution in [0.2, 0.25) is 0 Å². The second-order valence-corrected chi connectivity index (χ2v) is 6.81. The van der Waals surface area contributed by atoms with Gasteiger partial charge in [-0.25, -0.2) is 13.6 Å². The molecule has 1 heterocycles. The number of rotatable bonds is 7. The minimum absolute atomic E-state index is 0.256. The molecule has 1 aliphatic heterocycles. The molecule has 8 heteroatoms. The zero-order valence-electron chi connectivity index (χ0n) is 15.9. The van der Waals surface area contributed by atoms with Crippen molar-refractivity contribution < 1.29 is 23.2 Å². The molecule has 2 aromatic carbocycles. The highest BCUT2D eigenvalue weighted by atomic mass is 19.1. The Morgan fingerprint density at radius 1 is 1.03 bits per heavy atom. The molecule has 0 bridgehead atoms. The molecule has 0 saturated carbocycles. The van der Waals surface area contributed by atoms with Crippen LogP contribution in [0.3, 0.4) is 0 Å². The van der Waals surface area contributed by atoms with Gasteiger partial charge in [0.2, 0.25) is 5.91 Å². The van der Waals surface area contributed by atoms with Crippen LogP contribution in [-0.2, 0) is 21.5 Å². The summed E-state index contributed by atoms with van der Waals surface area (Å²) in [5.41, 5.74) is -0.0129. The largest absolute Gasteiger partial charge is 0.354 e. The minimum Gasteiger partial charge on any atom is -0.354 e. The van der Waals surface area contributed by atoms with Crippen molar-refractivity contribution in [2.24, 2.45) is 0 Å². The molecule has 0 aromatic heterocycles. The smallest absolute Gasteiger partial charge is 0.325 e. The van der Waals surface area contributed by atoms with E-state index in [0.29, 0.717) is 12.0 Å². The van der Waals surface area contributed by atoms with Crippen molar-refractivity contribution in [3.63, 3.8) is 0 Å². The van der Waals surface area contributed by atoms with Gasteiger partial charge in [-0.2, -0.15) is 0 Å². The lowest BCUT2D eigenvalue weighted by Crippen LogP contribution is -2.45. The van der Waals surface area contributed by atoms with E-state index in [1.807, 2.05) is 0 Å². The molecular weight excluding hydrogens is 380 g/mol. The maximum absolute atomic E-state index is 13.2. The van der Waals surface area contributed by atoms with Crippen LogP contribution in [0.4, 0.5) is 13.6 Å². The number of carbonyl (C=O) groups excluding carboxylic acids is 3. The lowest BCUT2D eigenvalue weighted by Gasteiger charge is -2.25. The van der Waals surface area contributed by atoms with Gasteiger partial charge >= 0.3 is 6.03 Å². The second kappa shape index (κ2) is 8.38. The third-order valence-electron chi connectivity index (χ3n) is 4.99. The van der Waals surface area contributed by atoms with Crippen molar-refractivity contribution >= 4 is 17.8 Å². The van der Waals surface area contributed by atoms with Crippen LogP contribution in [-0.4, -0.2) is 35.8 Å². The van der Waals surface area contributed by atoms with Crippen LogP contribution in [0.25, 0.3) is 0 Å². The van der Waals surface area contributed by atoms with Crippen LogP contribution in [0, 0.1) is 11.6 Å². The Morgan fingerprint density at radius 3 is 2.21 bits per heavy atom. The van der Waals surface area contributed by atoms with E-state index in [-0.39, 0.29) is 18.8 Å². The van der Waals surface area contributed by atoms with Crippen molar-refractivity contribution in [3.8, 4) is 0 Å². The van der Waals surface area contributed by atoms with E-state index in [2.05, 4.69) is 10.6 Å². The SMILES string of the molecule is CC[C@@]1(c2ccc(F)cc2)NC(=O)N(CC(=O)NCCc2ccc(F)cc2)C1=O. The highest BCUT2D eigenvalue weighted by Gasteiger charge is 2.51. The molecule has 0 aliphatic carbocycles. The molecule has 29 heavy (non-hydrogen) atoms. The predicted molar refractivity (Wildman–Crippen MR) is 102 cm³/mol. The van der Waals surface area contributed by atoms with Crippen LogP contribution in [0.15, 0.2) is 48.5 Å². The van der Waals surface area contributed by atoms with Gasteiger partial charge in [-0.15, -0.1) is 0 Å². The summed E-state index contributed by atoms with van der Waals surface area (Å²) >= 11 is 0. The first-order valence-electron chi connectivity index (χ1n) is 9.27. The molecule has 2 aromatic rings. The summed E-state index contributed by atoms with van der Waals surface area (Å²) in [6.07, 6.45) is 0.743. The Hall–Kier alpha value is -3.29. The van der Waals surface area contributed by atoms with E-state index in [0.717, 1.165) is 10.5 Å². The summed E-state index contributed by atoms with van der Waals surface area (Å²) in [4.78, 5) is 38.4. The van der Waals surface area contributed by atoms with Gasteiger partial charge < -0.3 is 10.6 Å². The maximum atomic E-state index is 13.2. The molecule has 1 saturated heterocycles. The summed E-state index contributed by atoms with van der Waals surface area (Å²) < 4.78 is 26.1. The zero-order valence-corrected chi connectivity index (χ0v) is 15.9. The maximum Gasteiger partial charge on any atom is 0.325 e. The minimum atomic E-state index is -1.32. The quantitative estimate of drug-likeness (QED) is 0.700. The number of nitrogens with one attached hydrogen (secondary N) is 2. The Balaban J connectivity index is 1.62. The molecule has 2 N–H and O–H groups in total. The highest BCUT2D eigenvalue weighted by Crippen LogP contribution is 2.32. The van der Waals surface area contributed by atoms with E-state index in [9.17, 15) is 23.2 Å². The van der Waals surface area contributed by atoms with Crippen LogP contribution in [0.1, 0.15) is 24.5 Å². The first-order chi connectivity index (χ1) is 13.9. The number of hydrogen-bond acceptors (Lipinski definition) is 3. The first-order valence-corrected chi connectivity index (χ1v) is 9.27. The van der Waals surface area contributed by atoms with Crippen LogP contribution in [0.5, 0.6) is 0 Å². The number of carbonyl (C=O) groups is 3. The molecule has 6 nitrogen and oxygen atoms in total. The van der Waals surface area contributed by atoms with Gasteiger partial charge in [0.05, 0.1) is 0 Å². The molecule has 0 radical (unpaired) electrons. The van der Waals surface area contributed by atoms with Gasteiger partial charge in [0.25, 0.3) is 5.91 Å². The van der Waals surface area contributed by atoms with Crippen molar-refractivity contribution in [3.05, 3.63) is 71.3 Å². The number of imide groups is 1. The molecule has 0 spiro atoms. The Kier molecular flexibility index (Phi) is 5.91. The molecule has 4 amide bonds. The third-order valence-corrected chi connectivity index (χ3v) is 4.99. The summed E-state index contributed by atoms with van der Waals surface area (Å²) in [5.74, 6) is -1.82. The van der Waals surface area contributed by atoms with Gasteiger partial charge in [0, 0.05) is 6.54 Å². The van der Waals surface area contributed by atoms with Gasteiger partial charge in [0.15, 0.2) is 0 Å². The summed E-state index contributed by atoms with van der Waals surface area (Å²) in [5, 5.41) is 5.29. The average Bonchev–Trinajstić information content (AvgIpc) is 2.95. The Labute approximate surface area is 166 Å². The standard InChI is InChI=1S/C21H21F2N3O3/c1-2-21(15-5-9-17(23)10-6-15)19(28)26(20(29)25-21)13-18(27)24-12-11-14-3-7-16(22)8-4-14/h3-10H,2,11-13H2,1H3,(H,24,27)(H,25,29)/t21-/m0/s1.